The summed E-state index contributed by atoms with van der Waals surface area (Å²) in [5.74, 6) is 0.838. The van der Waals surface area contributed by atoms with E-state index >= 15 is 0 Å². The van der Waals surface area contributed by atoms with E-state index in [9.17, 15) is 0 Å². The minimum absolute atomic E-state index is 0.689. The van der Waals surface area contributed by atoms with Crippen LogP contribution in [0.25, 0.3) is 10.9 Å². The molecule has 0 spiro atoms. The molecule has 0 aliphatic rings. The number of nitrogens with two attached hydrogens (primary N) is 1. The Balaban J connectivity index is 1.98. The Morgan fingerprint density at radius 2 is 2.05 bits per heavy atom. The summed E-state index contributed by atoms with van der Waals surface area (Å²) in [6, 6.07) is 9.74. The van der Waals surface area contributed by atoms with E-state index in [4.69, 9.17) is 10.5 Å². The van der Waals surface area contributed by atoms with Gasteiger partial charge < -0.3 is 15.8 Å². The summed E-state index contributed by atoms with van der Waals surface area (Å²) >= 11 is 0. The molecule has 0 bridgehead atoms. The molecule has 0 amide bonds. The Morgan fingerprint density at radius 3 is 2.80 bits per heavy atom. The number of nitrogens with zero attached hydrogens (tertiary/aromatic N) is 1. The van der Waals surface area contributed by atoms with Gasteiger partial charge in [0.15, 0.2) is 0 Å². The molecule has 4 N–H and O–H groups in total. The van der Waals surface area contributed by atoms with Gasteiger partial charge in [-0.25, -0.2) is 0 Å². The molecule has 1 heterocycles. The number of rotatable bonds is 3. The molecule has 20 heavy (non-hydrogen) atoms. The number of hydrogen-bond acceptors (Lipinski definition) is 4. The van der Waals surface area contributed by atoms with Gasteiger partial charge in [0.2, 0.25) is 0 Å². The second-order valence-corrected chi connectivity index (χ2v) is 4.70. The number of methoxy groups -OCH3 is 1. The zero-order valence-electron chi connectivity index (χ0n) is 11.4. The normalized spacial score (nSPS) is 10.7. The van der Waals surface area contributed by atoms with Crippen molar-refractivity contribution in [3.8, 4) is 5.75 Å². The molecule has 1 aromatic heterocycles. The van der Waals surface area contributed by atoms with Crippen molar-refractivity contribution in [1.82, 2.24) is 10.2 Å². The van der Waals surface area contributed by atoms with Crippen LogP contribution < -0.4 is 15.8 Å². The van der Waals surface area contributed by atoms with E-state index in [1.807, 2.05) is 37.3 Å². The number of anilines is 3. The highest BCUT2D eigenvalue weighted by Gasteiger charge is 2.06. The molecule has 0 atom stereocenters. The van der Waals surface area contributed by atoms with Crippen molar-refractivity contribution < 1.29 is 4.74 Å². The van der Waals surface area contributed by atoms with Gasteiger partial charge in [-0.15, -0.1) is 0 Å². The first-order valence-electron chi connectivity index (χ1n) is 6.31. The third-order valence-corrected chi connectivity index (χ3v) is 3.31. The maximum Gasteiger partial charge on any atom is 0.119 e. The number of H-pyrrole nitrogens is 1. The minimum Gasteiger partial charge on any atom is -0.497 e. The van der Waals surface area contributed by atoms with Gasteiger partial charge in [-0.1, -0.05) is 0 Å². The van der Waals surface area contributed by atoms with E-state index in [-0.39, 0.29) is 0 Å². The smallest absolute Gasteiger partial charge is 0.119 e. The van der Waals surface area contributed by atoms with E-state index in [1.54, 1.807) is 13.3 Å². The van der Waals surface area contributed by atoms with Gasteiger partial charge in [0.05, 0.1) is 30.2 Å². The number of benzene rings is 2. The molecule has 0 aliphatic carbocycles. The van der Waals surface area contributed by atoms with E-state index in [0.29, 0.717) is 5.69 Å². The first kappa shape index (κ1) is 12.3. The summed E-state index contributed by atoms with van der Waals surface area (Å²) in [4.78, 5) is 0. The van der Waals surface area contributed by atoms with Gasteiger partial charge in [0.1, 0.15) is 5.75 Å². The monoisotopic (exact) mass is 268 g/mol. The number of hydrogen-bond donors (Lipinski definition) is 3. The molecule has 0 saturated heterocycles. The summed E-state index contributed by atoms with van der Waals surface area (Å²) in [6.07, 6.45) is 1.76. The Morgan fingerprint density at radius 1 is 1.20 bits per heavy atom. The van der Waals surface area contributed by atoms with Crippen LogP contribution in [-0.4, -0.2) is 17.3 Å². The van der Waals surface area contributed by atoms with Crippen LogP contribution in [-0.2, 0) is 0 Å². The third kappa shape index (κ3) is 2.14. The SMILES string of the molecule is COc1ccc(Nc2cc3[nH]ncc3cc2N)c(C)c1. The number of nitrogen functional groups attached to an aromatic ring is 1. The Labute approximate surface area is 116 Å². The number of fused-ring (bicyclic) bond motifs is 1. The van der Waals surface area contributed by atoms with Gasteiger partial charge in [0.25, 0.3) is 0 Å². The fourth-order valence-electron chi connectivity index (χ4n) is 2.17. The van der Waals surface area contributed by atoms with Crippen LogP contribution in [0.5, 0.6) is 5.75 Å². The lowest BCUT2D eigenvalue weighted by Crippen LogP contribution is -1.98. The molecule has 3 aromatic rings. The summed E-state index contributed by atoms with van der Waals surface area (Å²) in [6.45, 7) is 2.02. The van der Waals surface area contributed by atoms with Crippen LogP contribution in [0.1, 0.15) is 5.56 Å². The fourth-order valence-corrected chi connectivity index (χ4v) is 2.17. The summed E-state index contributed by atoms with van der Waals surface area (Å²) in [7, 11) is 1.66. The number of aromatic amines is 1. The van der Waals surface area contributed by atoms with Crippen molar-refractivity contribution in [2.24, 2.45) is 0 Å². The maximum atomic E-state index is 6.07. The quantitative estimate of drug-likeness (QED) is 0.637. The van der Waals surface area contributed by atoms with Crippen molar-refractivity contribution in [2.45, 2.75) is 6.92 Å². The number of ether oxygens (including phenoxy) is 1. The van der Waals surface area contributed by atoms with E-state index in [1.165, 1.54) is 0 Å². The van der Waals surface area contributed by atoms with Crippen molar-refractivity contribution in [3.05, 3.63) is 42.1 Å². The summed E-state index contributed by atoms with van der Waals surface area (Å²) in [5, 5.41) is 11.3. The average molecular weight is 268 g/mol. The second kappa shape index (κ2) is 4.77. The molecule has 0 unspecified atom stereocenters. The van der Waals surface area contributed by atoms with Gasteiger partial charge in [-0.05, 0) is 42.8 Å². The molecule has 2 aromatic carbocycles. The van der Waals surface area contributed by atoms with Crippen LogP contribution >= 0.6 is 0 Å². The molecule has 0 saturated carbocycles. The number of aromatic nitrogens is 2. The molecule has 102 valence electrons. The van der Waals surface area contributed by atoms with Crippen LogP contribution in [0, 0.1) is 6.92 Å². The predicted octanol–water partition coefficient (Wildman–Crippen LogP) is 3.21. The van der Waals surface area contributed by atoms with E-state index in [2.05, 4.69) is 15.5 Å². The van der Waals surface area contributed by atoms with Crippen LogP contribution in [0.2, 0.25) is 0 Å². The van der Waals surface area contributed by atoms with Gasteiger partial charge in [-0.3, -0.25) is 5.10 Å². The largest absolute Gasteiger partial charge is 0.497 e. The molecular formula is C15H16N4O. The zero-order valence-corrected chi connectivity index (χ0v) is 11.4. The van der Waals surface area contributed by atoms with E-state index in [0.717, 1.165) is 33.6 Å². The molecular weight excluding hydrogens is 252 g/mol. The first-order chi connectivity index (χ1) is 9.67. The lowest BCUT2D eigenvalue weighted by molar-refractivity contribution is 0.414. The molecule has 5 heteroatoms. The lowest BCUT2D eigenvalue weighted by atomic mass is 10.1. The third-order valence-electron chi connectivity index (χ3n) is 3.31. The Kier molecular flexibility index (Phi) is 2.95. The summed E-state index contributed by atoms with van der Waals surface area (Å²) in [5.41, 5.74) is 10.7. The first-order valence-corrected chi connectivity index (χ1v) is 6.31. The van der Waals surface area contributed by atoms with Gasteiger partial charge in [0, 0.05) is 11.1 Å². The van der Waals surface area contributed by atoms with Gasteiger partial charge >= 0.3 is 0 Å². The number of nitrogens with one attached hydrogen (secondary N) is 2. The van der Waals surface area contributed by atoms with Crippen LogP contribution in [0.4, 0.5) is 17.1 Å². The topological polar surface area (TPSA) is 76.0 Å². The van der Waals surface area contributed by atoms with Gasteiger partial charge in [-0.2, -0.15) is 5.10 Å². The van der Waals surface area contributed by atoms with E-state index < -0.39 is 0 Å². The lowest BCUT2D eigenvalue weighted by Gasteiger charge is -2.13. The Hall–Kier alpha value is -2.69. The summed E-state index contributed by atoms with van der Waals surface area (Å²) < 4.78 is 5.21. The highest BCUT2D eigenvalue weighted by atomic mass is 16.5. The molecule has 0 fully saturated rings. The van der Waals surface area contributed by atoms with Crippen LogP contribution in [0.3, 0.4) is 0 Å². The molecule has 0 aliphatic heterocycles. The highest BCUT2D eigenvalue weighted by Crippen LogP contribution is 2.30. The van der Waals surface area contributed by atoms with Crippen molar-refractivity contribution in [3.63, 3.8) is 0 Å². The van der Waals surface area contributed by atoms with Crippen molar-refractivity contribution >= 4 is 28.0 Å². The zero-order chi connectivity index (χ0) is 14.1. The fraction of sp³-hybridized carbons (Fsp3) is 0.133. The molecule has 3 rings (SSSR count). The maximum absolute atomic E-state index is 6.07. The number of aryl methyl sites for hydroxylation is 1. The average Bonchev–Trinajstić information content (AvgIpc) is 2.88. The second-order valence-electron chi connectivity index (χ2n) is 4.70. The van der Waals surface area contributed by atoms with Crippen molar-refractivity contribution in [1.29, 1.82) is 0 Å². The predicted molar refractivity (Wildman–Crippen MR) is 81.5 cm³/mol. The highest BCUT2D eigenvalue weighted by molar-refractivity contribution is 5.90. The molecule has 0 radical (unpaired) electrons. The minimum atomic E-state index is 0.689. The molecule has 5 nitrogen and oxygen atoms in total. The van der Waals surface area contributed by atoms with Crippen LogP contribution in [0.15, 0.2) is 36.5 Å². The Bertz CT molecular complexity index is 764. The van der Waals surface area contributed by atoms with Crippen molar-refractivity contribution in [2.75, 3.05) is 18.2 Å². The standard InChI is InChI=1S/C15H16N4O/c1-9-5-11(20-2)3-4-13(9)18-15-7-14-10(6-12(15)16)8-17-19-14/h3-8,18H,16H2,1-2H3,(H,17,19).